The molecule has 0 unspecified atom stereocenters. The van der Waals surface area contributed by atoms with E-state index in [9.17, 15) is 13.2 Å². The Morgan fingerprint density at radius 3 is 2.60 bits per heavy atom. The number of hydrogen-bond acceptors (Lipinski definition) is 4. The van der Waals surface area contributed by atoms with Crippen molar-refractivity contribution in [2.75, 3.05) is 19.8 Å². The number of aryl methyl sites for hydroxylation is 1. The van der Waals surface area contributed by atoms with E-state index in [1.54, 1.807) is 11.3 Å². The summed E-state index contributed by atoms with van der Waals surface area (Å²) in [5, 5.41) is 4.10. The van der Waals surface area contributed by atoms with Gasteiger partial charge < -0.3 is 10.1 Å². The van der Waals surface area contributed by atoms with Crippen LogP contribution in [0.15, 0.2) is 0 Å². The monoisotopic (exact) mass is 310 g/mol. The first-order chi connectivity index (χ1) is 9.46. The maximum atomic E-state index is 11.9. The molecule has 0 aliphatic carbocycles. The quantitative estimate of drug-likeness (QED) is 0.711. The van der Waals surface area contributed by atoms with Crippen LogP contribution < -0.4 is 5.32 Å². The Balaban J connectivity index is 2.48. The lowest BCUT2D eigenvalue weighted by molar-refractivity contribution is -0.173. The van der Waals surface area contributed by atoms with Crippen LogP contribution >= 0.6 is 11.3 Å². The highest BCUT2D eigenvalue weighted by Crippen LogP contribution is 2.21. The van der Waals surface area contributed by atoms with Crippen LogP contribution in [0.1, 0.15) is 35.8 Å². The van der Waals surface area contributed by atoms with Crippen molar-refractivity contribution in [3.63, 3.8) is 0 Å². The first-order valence-electron chi connectivity index (χ1n) is 6.79. The lowest BCUT2D eigenvalue weighted by Crippen LogP contribution is -2.17. The number of alkyl halides is 3. The Kier molecular flexibility index (Phi) is 7.47. The second-order valence-electron chi connectivity index (χ2n) is 4.43. The largest absolute Gasteiger partial charge is 0.411 e. The summed E-state index contributed by atoms with van der Waals surface area (Å²) in [7, 11) is 0. The van der Waals surface area contributed by atoms with Crippen molar-refractivity contribution in [2.45, 2.75) is 45.8 Å². The molecule has 0 radical (unpaired) electrons. The van der Waals surface area contributed by atoms with Gasteiger partial charge in [0.05, 0.1) is 17.3 Å². The minimum Gasteiger partial charge on any atom is -0.372 e. The summed E-state index contributed by atoms with van der Waals surface area (Å²) in [6.45, 7) is 4.64. The number of nitrogens with zero attached hydrogens (tertiary/aromatic N) is 1. The third kappa shape index (κ3) is 6.67. The molecule has 0 aliphatic rings. The molecule has 1 aromatic heterocycles. The van der Waals surface area contributed by atoms with Gasteiger partial charge in [0.15, 0.2) is 0 Å². The maximum Gasteiger partial charge on any atom is 0.411 e. The van der Waals surface area contributed by atoms with Crippen LogP contribution in [-0.2, 0) is 24.1 Å². The fourth-order valence-electron chi connectivity index (χ4n) is 1.70. The Bertz CT molecular complexity index is 393. The lowest BCUT2D eigenvalue weighted by atomic mass is 10.2. The summed E-state index contributed by atoms with van der Waals surface area (Å²) in [4.78, 5) is 5.68. The molecule has 0 atom stereocenters. The third-order valence-electron chi connectivity index (χ3n) is 2.57. The van der Waals surface area contributed by atoms with Crippen molar-refractivity contribution in [2.24, 2.45) is 0 Å². The Morgan fingerprint density at radius 2 is 2.00 bits per heavy atom. The van der Waals surface area contributed by atoms with Crippen LogP contribution in [0.4, 0.5) is 13.2 Å². The average Bonchev–Trinajstić information content (AvgIpc) is 2.74. The fraction of sp³-hybridized carbons (Fsp3) is 0.769. The van der Waals surface area contributed by atoms with Crippen molar-refractivity contribution in [3.8, 4) is 0 Å². The van der Waals surface area contributed by atoms with Gasteiger partial charge in [0, 0.05) is 17.8 Å². The van der Waals surface area contributed by atoms with Crippen LogP contribution in [0.25, 0.3) is 0 Å². The molecule has 0 fully saturated rings. The molecule has 1 N–H and O–H groups in total. The molecule has 7 heteroatoms. The van der Waals surface area contributed by atoms with E-state index in [1.165, 1.54) is 4.88 Å². The summed E-state index contributed by atoms with van der Waals surface area (Å²) >= 11 is 1.56. The van der Waals surface area contributed by atoms with E-state index in [1.807, 2.05) is 6.92 Å². The van der Waals surface area contributed by atoms with Gasteiger partial charge in [-0.1, -0.05) is 20.3 Å². The van der Waals surface area contributed by atoms with E-state index in [0.717, 1.165) is 36.6 Å². The minimum absolute atomic E-state index is 0.0548. The van der Waals surface area contributed by atoms with Crippen LogP contribution in [0.5, 0.6) is 0 Å². The van der Waals surface area contributed by atoms with Gasteiger partial charge in [0.1, 0.15) is 6.61 Å². The standard InChI is InChI=1S/C13H21F3N2OS/c1-3-5-10-11(8-17-4-2)20-12(18-10)6-7-19-9-13(14,15)16/h17H,3-9H2,1-2H3. The molecule has 20 heavy (non-hydrogen) atoms. The molecule has 0 amide bonds. The smallest absolute Gasteiger partial charge is 0.372 e. The van der Waals surface area contributed by atoms with Crippen LogP contribution in [0.2, 0.25) is 0 Å². The van der Waals surface area contributed by atoms with E-state index < -0.39 is 12.8 Å². The van der Waals surface area contributed by atoms with Gasteiger partial charge in [-0.2, -0.15) is 13.2 Å². The van der Waals surface area contributed by atoms with Crippen molar-refractivity contribution in [1.29, 1.82) is 0 Å². The van der Waals surface area contributed by atoms with Crippen LogP contribution in [0.3, 0.4) is 0 Å². The zero-order valence-electron chi connectivity index (χ0n) is 11.8. The Hall–Kier alpha value is -0.660. The first-order valence-corrected chi connectivity index (χ1v) is 7.60. The Morgan fingerprint density at radius 1 is 1.25 bits per heavy atom. The molecule has 0 saturated carbocycles. The molecule has 0 saturated heterocycles. The zero-order chi connectivity index (χ0) is 15.0. The molecular formula is C13H21F3N2OS. The third-order valence-corrected chi connectivity index (χ3v) is 3.73. The SMILES string of the molecule is CCCc1nc(CCOCC(F)(F)F)sc1CNCC. The molecule has 0 aromatic carbocycles. The van der Waals surface area contributed by atoms with E-state index in [2.05, 4.69) is 22.0 Å². The second kappa shape index (κ2) is 8.59. The molecular weight excluding hydrogens is 289 g/mol. The second-order valence-corrected chi connectivity index (χ2v) is 5.59. The number of aromatic nitrogens is 1. The number of ether oxygens (including phenoxy) is 1. The van der Waals surface area contributed by atoms with Crippen LogP contribution in [-0.4, -0.2) is 30.9 Å². The summed E-state index contributed by atoms with van der Waals surface area (Å²) in [5.41, 5.74) is 1.06. The van der Waals surface area contributed by atoms with Crippen molar-refractivity contribution in [1.82, 2.24) is 10.3 Å². The van der Waals surface area contributed by atoms with Gasteiger partial charge in [-0.05, 0) is 13.0 Å². The maximum absolute atomic E-state index is 11.9. The molecule has 1 aromatic rings. The topological polar surface area (TPSA) is 34.1 Å². The number of thiazole rings is 1. The van der Waals surface area contributed by atoms with Gasteiger partial charge in [-0.25, -0.2) is 4.98 Å². The van der Waals surface area contributed by atoms with Gasteiger partial charge >= 0.3 is 6.18 Å². The summed E-state index contributed by atoms with van der Waals surface area (Å²) in [5.74, 6) is 0. The van der Waals surface area contributed by atoms with E-state index in [0.29, 0.717) is 6.42 Å². The van der Waals surface area contributed by atoms with Crippen LogP contribution in [0, 0.1) is 0 Å². The highest BCUT2D eigenvalue weighted by Gasteiger charge is 2.27. The number of hydrogen-bond donors (Lipinski definition) is 1. The van der Waals surface area contributed by atoms with Crippen molar-refractivity contribution < 1.29 is 17.9 Å². The molecule has 1 heterocycles. The van der Waals surface area contributed by atoms with E-state index in [4.69, 9.17) is 0 Å². The molecule has 0 aliphatic heterocycles. The Labute approximate surface area is 121 Å². The number of halogens is 3. The van der Waals surface area contributed by atoms with Gasteiger partial charge in [-0.3, -0.25) is 0 Å². The summed E-state index contributed by atoms with van der Waals surface area (Å²) < 4.78 is 40.4. The molecule has 0 spiro atoms. The predicted octanol–water partition coefficient (Wildman–Crippen LogP) is 3.33. The van der Waals surface area contributed by atoms with Gasteiger partial charge in [0.25, 0.3) is 0 Å². The van der Waals surface area contributed by atoms with Gasteiger partial charge in [0.2, 0.25) is 0 Å². The highest BCUT2D eigenvalue weighted by molar-refractivity contribution is 7.11. The normalized spacial score (nSPS) is 12.1. The molecule has 1 rings (SSSR count). The summed E-state index contributed by atoms with van der Waals surface area (Å²) in [6, 6.07) is 0. The van der Waals surface area contributed by atoms with Crippen molar-refractivity contribution in [3.05, 3.63) is 15.6 Å². The van der Waals surface area contributed by atoms with Gasteiger partial charge in [-0.15, -0.1) is 11.3 Å². The fourth-order valence-corrected chi connectivity index (χ4v) is 2.77. The van der Waals surface area contributed by atoms with E-state index >= 15 is 0 Å². The van der Waals surface area contributed by atoms with Crippen molar-refractivity contribution >= 4 is 11.3 Å². The highest BCUT2D eigenvalue weighted by atomic mass is 32.1. The first kappa shape index (κ1) is 17.4. The molecule has 3 nitrogen and oxygen atoms in total. The number of rotatable bonds is 9. The van der Waals surface area contributed by atoms with E-state index in [-0.39, 0.29) is 6.61 Å². The number of nitrogens with one attached hydrogen (secondary N) is 1. The predicted molar refractivity (Wildman–Crippen MR) is 74.1 cm³/mol. The molecule has 0 bridgehead atoms. The summed E-state index contributed by atoms with van der Waals surface area (Å²) in [6.07, 6.45) is -1.91. The molecule has 116 valence electrons. The minimum atomic E-state index is -4.26. The zero-order valence-corrected chi connectivity index (χ0v) is 12.7. The lowest BCUT2D eigenvalue weighted by Gasteiger charge is -2.06. The average molecular weight is 310 g/mol.